The van der Waals surface area contributed by atoms with E-state index < -0.39 is 10.9 Å². The number of rotatable bonds is 7. The average Bonchev–Trinajstić information content (AvgIpc) is 2.88. The zero-order valence-corrected chi connectivity index (χ0v) is 15.2. The Kier molecular flexibility index (Phi) is 6.27. The number of nitrogens with zero attached hydrogens (tertiary/aromatic N) is 6. The van der Waals surface area contributed by atoms with Crippen molar-refractivity contribution in [2.45, 2.75) is 26.7 Å². The van der Waals surface area contributed by atoms with E-state index in [-0.39, 0.29) is 22.9 Å². The van der Waals surface area contributed by atoms with Crippen LogP contribution >= 0.6 is 0 Å². The second-order valence-electron chi connectivity index (χ2n) is 5.66. The van der Waals surface area contributed by atoms with Gasteiger partial charge in [-0.25, -0.2) is 9.67 Å². The minimum Gasteiger partial charge on any atom is -0.846 e. The third kappa shape index (κ3) is 4.69. The monoisotopic (exact) mass is 373 g/mol. The van der Waals surface area contributed by atoms with Gasteiger partial charge in [0.2, 0.25) is 11.2 Å². The van der Waals surface area contributed by atoms with Gasteiger partial charge in [0, 0.05) is 7.05 Å². The molecule has 0 radical (unpaired) electrons. The van der Waals surface area contributed by atoms with E-state index in [0.717, 1.165) is 12.8 Å². The van der Waals surface area contributed by atoms with Gasteiger partial charge in [0.05, 0.1) is 23.6 Å². The highest BCUT2D eigenvalue weighted by molar-refractivity contribution is 5.91. The lowest BCUT2D eigenvalue weighted by Crippen LogP contribution is -2.27. The Morgan fingerprint density at radius 2 is 2.26 bits per heavy atom. The fraction of sp³-hybridized carbons (Fsp3) is 0.375. The SMILES string of the molecule is CCCCOc1ccc(NC([O-])=Nc2c([N+]#N)c(C)nn2C)c([N+](=O)[O-])c1. The number of aromatic nitrogens is 2. The molecule has 1 N–H and O–H groups in total. The highest BCUT2D eigenvalue weighted by Crippen LogP contribution is 2.32. The van der Waals surface area contributed by atoms with Crippen molar-refractivity contribution in [1.82, 2.24) is 9.78 Å². The number of nitro benzene ring substituents is 1. The van der Waals surface area contributed by atoms with Crippen molar-refractivity contribution in [1.29, 1.82) is 5.39 Å². The number of amidine groups is 1. The van der Waals surface area contributed by atoms with Gasteiger partial charge in [0.1, 0.15) is 11.4 Å². The number of aliphatic imine (C=N–C) groups is 1. The molecule has 2 aromatic rings. The lowest BCUT2D eigenvalue weighted by molar-refractivity contribution is -0.384. The van der Waals surface area contributed by atoms with E-state index in [4.69, 9.17) is 10.1 Å². The molecule has 0 unspecified atom stereocenters. The summed E-state index contributed by atoms with van der Waals surface area (Å²) >= 11 is 0. The van der Waals surface area contributed by atoms with Gasteiger partial charge in [-0.05, 0) is 25.5 Å². The van der Waals surface area contributed by atoms with Crippen molar-refractivity contribution < 1.29 is 14.8 Å². The standard InChI is InChI=1S/C16H19N7O4/c1-4-5-8-27-11-6-7-12(13(9-11)23(25)26)18-16(24)19-15-14(20-17)10(2)21-22(15)3/h6-7,9H,4-5,8H2,1-3H3,(H-,18,19,21,24). The summed E-state index contributed by atoms with van der Waals surface area (Å²) in [7, 11) is 1.53. The molecule has 0 amide bonds. The molecule has 0 aliphatic heterocycles. The Bertz CT molecular complexity index is 914. The zero-order valence-electron chi connectivity index (χ0n) is 15.2. The predicted molar refractivity (Wildman–Crippen MR) is 96.9 cm³/mol. The number of hydrogen-bond acceptors (Lipinski definition) is 7. The molecule has 1 heterocycles. The molecule has 1 aromatic heterocycles. The number of anilines is 1. The molecule has 0 atom stereocenters. The van der Waals surface area contributed by atoms with Gasteiger partial charge in [-0.2, -0.15) is 5.10 Å². The molecule has 142 valence electrons. The normalized spacial score (nSPS) is 11.1. The van der Waals surface area contributed by atoms with Gasteiger partial charge in [-0.1, -0.05) is 13.3 Å². The van der Waals surface area contributed by atoms with Gasteiger partial charge in [0.15, 0.2) is 10.7 Å². The van der Waals surface area contributed by atoms with Crippen molar-refractivity contribution in [2.75, 3.05) is 11.9 Å². The minimum atomic E-state index is -0.870. The summed E-state index contributed by atoms with van der Waals surface area (Å²) in [5.41, 5.74) is 0.0757. The molecule has 0 bridgehead atoms. The van der Waals surface area contributed by atoms with E-state index in [0.29, 0.717) is 18.1 Å². The molecule has 1 aromatic carbocycles. The van der Waals surface area contributed by atoms with E-state index in [2.05, 4.69) is 20.4 Å². The molecular weight excluding hydrogens is 354 g/mol. The average molecular weight is 373 g/mol. The topological polar surface area (TPSA) is 146 Å². The van der Waals surface area contributed by atoms with E-state index in [1.165, 1.54) is 29.9 Å². The number of ether oxygens (including phenoxy) is 1. The van der Waals surface area contributed by atoms with Crippen molar-refractivity contribution in [2.24, 2.45) is 12.0 Å². The first-order valence-corrected chi connectivity index (χ1v) is 8.20. The molecule has 0 saturated carbocycles. The molecule has 0 spiro atoms. The third-order valence-electron chi connectivity index (χ3n) is 3.64. The van der Waals surface area contributed by atoms with Gasteiger partial charge >= 0.3 is 5.69 Å². The van der Waals surface area contributed by atoms with Gasteiger partial charge in [-0.3, -0.25) is 10.1 Å². The number of unbranched alkanes of at least 4 members (excludes halogenated alkanes) is 1. The second-order valence-corrected chi connectivity index (χ2v) is 5.66. The van der Waals surface area contributed by atoms with Crippen LogP contribution in [0.25, 0.3) is 4.98 Å². The number of nitrogens with one attached hydrogen (secondary N) is 1. The van der Waals surface area contributed by atoms with E-state index >= 15 is 0 Å². The quantitative estimate of drug-likeness (QED) is 0.196. The van der Waals surface area contributed by atoms with Crippen molar-refractivity contribution in [3.63, 3.8) is 0 Å². The minimum absolute atomic E-state index is 0.0228. The number of aryl methyl sites for hydroxylation is 2. The van der Waals surface area contributed by atoms with Gasteiger partial charge in [-0.15, -0.1) is 0 Å². The second kappa shape index (κ2) is 8.61. The van der Waals surface area contributed by atoms with Crippen LogP contribution < -0.4 is 15.2 Å². The Balaban J connectivity index is 2.28. The van der Waals surface area contributed by atoms with Gasteiger partial charge < -0.3 is 15.2 Å². The largest absolute Gasteiger partial charge is 0.846 e. The van der Waals surface area contributed by atoms with Crippen molar-refractivity contribution >= 4 is 28.9 Å². The maximum Gasteiger partial charge on any atom is 0.451 e. The molecule has 0 aliphatic rings. The summed E-state index contributed by atoms with van der Waals surface area (Å²) in [4.78, 5) is 17.5. The maximum atomic E-state index is 12.2. The molecule has 0 saturated heterocycles. The number of benzene rings is 1. The number of hydrogen-bond donors (Lipinski definition) is 1. The molecule has 11 heteroatoms. The van der Waals surface area contributed by atoms with Crippen LogP contribution in [0, 0.1) is 22.4 Å². The molecule has 2 rings (SSSR count). The Morgan fingerprint density at radius 1 is 1.52 bits per heavy atom. The van der Waals surface area contributed by atoms with E-state index in [1.807, 2.05) is 6.92 Å². The molecule has 0 fully saturated rings. The Labute approximate surface area is 155 Å². The van der Waals surface area contributed by atoms with Crippen LogP contribution in [-0.2, 0) is 7.05 Å². The highest BCUT2D eigenvalue weighted by Gasteiger charge is 2.24. The maximum absolute atomic E-state index is 12.2. The summed E-state index contributed by atoms with van der Waals surface area (Å²) < 4.78 is 6.72. The Morgan fingerprint density at radius 3 is 2.89 bits per heavy atom. The highest BCUT2D eigenvalue weighted by atomic mass is 16.6. The number of diazo groups is 1. The molecule has 27 heavy (non-hydrogen) atoms. The first kappa shape index (κ1) is 19.6. The van der Waals surface area contributed by atoms with Crippen LogP contribution in [0.5, 0.6) is 5.75 Å². The summed E-state index contributed by atoms with van der Waals surface area (Å²) in [6, 6.07) is 3.28. The van der Waals surface area contributed by atoms with E-state index in [1.54, 1.807) is 6.92 Å². The molecule has 11 nitrogen and oxygen atoms in total. The third-order valence-corrected chi connectivity index (χ3v) is 3.64. The van der Waals surface area contributed by atoms with Crippen LogP contribution in [0.15, 0.2) is 23.2 Å². The molecule has 0 aliphatic carbocycles. The smallest absolute Gasteiger partial charge is 0.451 e. The van der Waals surface area contributed by atoms with Crippen LogP contribution in [0.3, 0.4) is 0 Å². The van der Waals surface area contributed by atoms with Crippen LogP contribution in [0.4, 0.5) is 22.9 Å². The summed E-state index contributed by atoms with van der Waals surface area (Å²) in [6.45, 7) is 4.04. The van der Waals surface area contributed by atoms with E-state index in [9.17, 15) is 15.2 Å². The van der Waals surface area contributed by atoms with Crippen molar-refractivity contribution in [3.8, 4) is 5.75 Å². The zero-order chi connectivity index (χ0) is 20.0. The summed E-state index contributed by atoms with van der Waals surface area (Å²) in [6.07, 6.45) is 1.76. The fourth-order valence-electron chi connectivity index (χ4n) is 2.31. The van der Waals surface area contributed by atoms with Gasteiger partial charge in [0.25, 0.3) is 5.69 Å². The first-order chi connectivity index (χ1) is 12.9. The van der Waals surface area contributed by atoms with Crippen LogP contribution in [0.1, 0.15) is 25.5 Å². The van der Waals surface area contributed by atoms with Crippen molar-refractivity contribution in [3.05, 3.63) is 39.0 Å². The lowest BCUT2D eigenvalue weighted by Gasteiger charge is -2.14. The fourth-order valence-corrected chi connectivity index (χ4v) is 2.31. The summed E-state index contributed by atoms with van der Waals surface area (Å²) in [5.74, 6) is 0.364. The predicted octanol–water partition coefficient (Wildman–Crippen LogP) is 2.76. The van der Waals surface area contributed by atoms with Crippen LogP contribution in [-0.4, -0.2) is 27.3 Å². The Hall–Kier alpha value is -3.68. The summed E-state index contributed by atoms with van der Waals surface area (Å²) in [5, 5.41) is 38.9. The lowest BCUT2D eigenvalue weighted by atomic mass is 10.2. The molecular formula is C16H19N7O4. The first-order valence-electron chi connectivity index (χ1n) is 8.20. The number of nitro groups is 1. The van der Waals surface area contributed by atoms with Crippen LogP contribution in [0.2, 0.25) is 0 Å².